The first kappa shape index (κ1) is 13.3. The average molecular weight is 218 g/mol. The van der Waals surface area contributed by atoms with E-state index in [0.29, 0.717) is 0 Å². The molecule has 86 valence electrons. The summed E-state index contributed by atoms with van der Waals surface area (Å²) >= 11 is 0. The fourth-order valence-electron chi connectivity index (χ4n) is 1.05. The molecule has 0 heterocycles. The number of nitrogens with zero attached hydrogens (tertiary/aromatic N) is 2. The van der Waals surface area contributed by atoms with Crippen LogP contribution in [0.1, 0.15) is 26.2 Å². The molecule has 0 bridgehead atoms. The molecule has 0 spiro atoms. The van der Waals surface area contributed by atoms with E-state index in [2.05, 4.69) is 9.89 Å². The van der Waals surface area contributed by atoms with Gasteiger partial charge in [-0.2, -0.15) is 0 Å². The van der Waals surface area contributed by atoms with Crippen molar-refractivity contribution in [1.29, 1.82) is 0 Å². The van der Waals surface area contributed by atoms with Crippen LogP contribution in [0.15, 0.2) is 5.16 Å². The zero-order chi connectivity index (χ0) is 11.8. The molecule has 0 aromatic rings. The van der Waals surface area contributed by atoms with E-state index in [1.54, 1.807) is 0 Å². The van der Waals surface area contributed by atoms with Crippen LogP contribution in [-0.2, 0) is 9.53 Å². The molecule has 0 saturated carbocycles. The van der Waals surface area contributed by atoms with E-state index in [4.69, 9.17) is 5.21 Å². The molecule has 0 aromatic heterocycles. The van der Waals surface area contributed by atoms with Crippen LogP contribution in [0.4, 0.5) is 0 Å². The van der Waals surface area contributed by atoms with Crippen molar-refractivity contribution in [1.82, 2.24) is 0 Å². The molecule has 7 nitrogen and oxygen atoms in total. The third kappa shape index (κ3) is 5.61. The number of hydrogen-bond donors (Lipinski definition) is 1. The Morgan fingerprint density at radius 3 is 2.67 bits per heavy atom. The molecule has 0 fully saturated rings. The fourth-order valence-corrected chi connectivity index (χ4v) is 1.05. The van der Waals surface area contributed by atoms with E-state index in [1.807, 2.05) is 0 Å². The third-order valence-corrected chi connectivity index (χ3v) is 1.91. The predicted octanol–water partition coefficient (Wildman–Crippen LogP) is 0.825. The molecule has 0 radical (unpaired) electrons. The summed E-state index contributed by atoms with van der Waals surface area (Å²) in [5, 5.41) is 21.8. The van der Waals surface area contributed by atoms with Crippen LogP contribution in [0.5, 0.6) is 0 Å². The van der Waals surface area contributed by atoms with Gasteiger partial charge in [0.25, 0.3) is 0 Å². The van der Waals surface area contributed by atoms with Crippen LogP contribution < -0.4 is 0 Å². The second-order valence-corrected chi connectivity index (χ2v) is 3.09. The van der Waals surface area contributed by atoms with Gasteiger partial charge in [0.15, 0.2) is 0 Å². The van der Waals surface area contributed by atoms with Gasteiger partial charge in [-0.3, -0.25) is 14.9 Å². The molecule has 7 heteroatoms. The number of ether oxygens (including phenoxy) is 1. The minimum absolute atomic E-state index is 0.0130. The van der Waals surface area contributed by atoms with Crippen molar-refractivity contribution in [3.05, 3.63) is 10.1 Å². The van der Waals surface area contributed by atoms with Crippen molar-refractivity contribution >= 4 is 11.7 Å². The summed E-state index contributed by atoms with van der Waals surface area (Å²) < 4.78 is 4.37. The summed E-state index contributed by atoms with van der Waals surface area (Å²) in [7, 11) is 1.23. The van der Waals surface area contributed by atoms with Crippen molar-refractivity contribution in [3.63, 3.8) is 0 Å². The molecule has 1 N–H and O–H groups in total. The molecule has 15 heavy (non-hydrogen) atoms. The Balaban J connectivity index is 4.17. The lowest BCUT2D eigenvalue weighted by atomic mass is 10.1. The van der Waals surface area contributed by atoms with Gasteiger partial charge in [0, 0.05) is 11.3 Å². The molecule has 0 aliphatic heterocycles. The predicted molar refractivity (Wildman–Crippen MR) is 51.5 cm³/mol. The maximum absolute atomic E-state index is 10.8. The lowest BCUT2D eigenvalue weighted by Gasteiger charge is -2.07. The molecule has 0 aromatic carbocycles. The van der Waals surface area contributed by atoms with Gasteiger partial charge in [0.2, 0.25) is 6.04 Å². The first-order valence-corrected chi connectivity index (χ1v) is 4.39. The summed E-state index contributed by atoms with van der Waals surface area (Å²) in [4.78, 5) is 20.8. The summed E-state index contributed by atoms with van der Waals surface area (Å²) in [6.45, 7) is 1.48. The molecule has 0 aliphatic rings. The minimum Gasteiger partial charge on any atom is -0.469 e. The Bertz CT molecular complexity index is 264. The van der Waals surface area contributed by atoms with Crippen molar-refractivity contribution < 1.29 is 19.7 Å². The summed E-state index contributed by atoms with van der Waals surface area (Å²) in [6, 6.07) is -0.917. The monoisotopic (exact) mass is 218 g/mol. The highest BCUT2D eigenvalue weighted by molar-refractivity contribution is 5.81. The smallest absolute Gasteiger partial charge is 0.305 e. The van der Waals surface area contributed by atoms with Crippen molar-refractivity contribution in [2.75, 3.05) is 7.11 Å². The number of rotatable bonds is 6. The van der Waals surface area contributed by atoms with Gasteiger partial charge >= 0.3 is 5.97 Å². The van der Waals surface area contributed by atoms with Crippen LogP contribution >= 0.6 is 0 Å². The SMILES string of the molecule is COC(=O)CCC(C/C(C)=N/O)[N+](=O)[O-]. The van der Waals surface area contributed by atoms with Gasteiger partial charge in [0.1, 0.15) is 0 Å². The quantitative estimate of drug-likeness (QED) is 0.234. The van der Waals surface area contributed by atoms with Crippen LogP contribution in [0.3, 0.4) is 0 Å². The summed E-state index contributed by atoms with van der Waals surface area (Å²) in [6.07, 6.45) is 0.0912. The van der Waals surface area contributed by atoms with E-state index in [0.717, 1.165) is 0 Å². The van der Waals surface area contributed by atoms with E-state index < -0.39 is 16.9 Å². The van der Waals surface area contributed by atoms with E-state index >= 15 is 0 Å². The Morgan fingerprint density at radius 1 is 1.67 bits per heavy atom. The fraction of sp³-hybridized carbons (Fsp3) is 0.750. The van der Waals surface area contributed by atoms with Crippen LogP contribution in [0.25, 0.3) is 0 Å². The van der Waals surface area contributed by atoms with Crippen molar-refractivity contribution in [3.8, 4) is 0 Å². The Morgan fingerprint density at radius 2 is 2.27 bits per heavy atom. The maximum Gasteiger partial charge on any atom is 0.305 e. The normalized spacial score (nSPS) is 13.3. The first-order valence-electron chi connectivity index (χ1n) is 4.39. The van der Waals surface area contributed by atoms with Crippen LogP contribution in [0.2, 0.25) is 0 Å². The van der Waals surface area contributed by atoms with E-state index in [9.17, 15) is 14.9 Å². The number of hydrogen-bond acceptors (Lipinski definition) is 6. The maximum atomic E-state index is 10.8. The highest BCUT2D eigenvalue weighted by Gasteiger charge is 2.22. The standard InChI is InChI=1S/C8H14N2O5/c1-6(9-12)5-7(10(13)14)3-4-8(11)15-2/h7,12H,3-5H2,1-2H3/b9-6+. The number of esters is 1. The molecule has 1 atom stereocenters. The number of oxime groups is 1. The number of carbonyl (C=O) groups excluding carboxylic acids is 1. The van der Waals surface area contributed by atoms with Gasteiger partial charge < -0.3 is 9.94 Å². The minimum atomic E-state index is -0.917. The van der Waals surface area contributed by atoms with E-state index in [-0.39, 0.29) is 25.0 Å². The number of methoxy groups -OCH3 is 1. The first-order chi connectivity index (χ1) is 7.01. The molecular weight excluding hydrogens is 204 g/mol. The number of nitro groups is 1. The topological polar surface area (TPSA) is 102 Å². The molecule has 0 aliphatic carbocycles. The third-order valence-electron chi connectivity index (χ3n) is 1.91. The van der Waals surface area contributed by atoms with Crippen molar-refractivity contribution in [2.45, 2.75) is 32.2 Å². The van der Waals surface area contributed by atoms with Crippen molar-refractivity contribution in [2.24, 2.45) is 5.16 Å². The zero-order valence-corrected chi connectivity index (χ0v) is 8.67. The van der Waals surface area contributed by atoms with Crippen LogP contribution in [0, 0.1) is 10.1 Å². The Hall–Kier alpha value is -1.66. The lowest BCUT2D eigenvalue weighted by molar-refractivity contribution is -0.521. The second-order valence-electron chi connectivity index (χ2n) is 3.09. The van der Waals surface area contributed by atoms with Gasteiger partial charge in [-0.15, -0.1) is 0 Å². The molecule has 0 amide bonds. The Labute approximate surface area is 86.9 Å². The number of carbonyl (C=O) groups is 1. The molecule has 0 rings (SSSR count). The lowest BCUT2D eigenvalue weighted by Crippen LogP contribution is -2.23. The van der Waals surface area contributed by atoms with Gasteiger partial charge in [0.05, 0.1) is 25.7 Å². The van der Waals surface area contributed by atoms with Gasteiger partial charge in [-0.25, -0.2) is 0 Å². The van der Waals surface area contributed by atoms with E-state index in [1.165, 1.54) is 14.0 Å². The highest BCUT2D eigenvalue weighted by Crippen LogP contribution is 2.08. The summed E-state index contributed by atoms with van der Waals surface area (Å²) in [5.41, 5.74) is 0.265. The molecule has 0 saturated heterocycles. The Kier molecular flexibility index (Phi) is 6.00. The second kappa shape index (κ2) is 6.74. The summed E-state index contributed by atoms with van der Waals surface area (Å²) in [5.74, 6) is -0.486. The largest absolute Gasteiger partial charge is 0.469 e. The van der Waals surface area contributed by atoms with Gasteiger partial charge in [-0.05, 0) is 6.92 Å². The average Bonchev–Trinajstić information content (AvgIpc) is 2.22. The highest BCUT2D eigenvalue weighted by atomic mass is 16.6. The van der Waals surface area contributed by atoms with Crippen LogP contribution in [-0.4, -0.2) is 35.0 Å². The molecule has 1 unspecified atom stereocenters. The molecular formula is C8H14N2O5. The zero-order valence-electron chi connectivity index (χ0n) is 8.67. The van der Waals surface area contributed by atoms with Gasteiger partial charge in [-0.1, -0.05) is 5.16 Å².